The number of carbonyl (C=O) groups is 6. The van der Waals surface area contributed by atoms with E-state index in [0.29, 0.717) is 171 Å². The van der Waals surface area contributed by atoms with Gasteiger partial charge in [-0.1, -0.05) is 123 Å². The van der Waals surface area contributed by atoms with Crippen LogP contribution in [0.15, 0.2) is 128 Å². The van der Waals surface area contributed by atoms with Gasteiger partial charge >= 0.3 is 0 Å². The molecule has 0 spiro atoms. The van der Waals surface area contributed by atoms with Crippen LogP contribution in [0.1, 0.15) is 173 Å². The maximum absolute atomic E-state index is 14.1. The molecule has 6 saturated heterocycles. The Kier molecular flexibility index (Phi) is 26.0. The van der Waals surface area contributed by atoms with E-state index < -0.39 is 21.8 Å². The van der Waals surface area contributed by atoms with E-state index in [1.165, 1.54) is 30.7 Å². The molecule has 6 unspecified atom stereocenters. The lowest BCUT2D eigenvalue weighted by Crippen LogP contribution is -2.44. The number of imidazole rings is 3. The average Bonchev–Trinajstić information content (AvgIpc) is 1.59. The molecule has 12 aliphatic rings. The molecule has 30 heteroatoms. The van der Waals surface area contributed by atoms with Crippen molar-refractivity contribution in [2.24, 2.45) is 107 Å². The number of hydrogen-bond acceptors (Lipinski definition) is 22. The Bertz CT molecular complexity index is 6650. The highest BCUT2D eigenvalue weighted by molar-refractivity contribution is 6.35. The first-order valence-corrected chi connectivity index (χ1v) is 50.1. The Hall–Kier alpha value is -10.8. The zero-order valence-corrected chi connectivity index (χ0v) is 83.5. The van der Waals surface area contributed by atoms with Gasteiger partial charge in [0.05, 0.1) is 74.4 Å². The maximum Gasteiger partial charge on any atom is 0.224 e. The summed E-state index contributed by atoms with van der Waals surface area (Å²) < 4.78 is 53.1. The van der Waals surface area contributed by atoms with Crippen molar-refractivity contribution in [1.82, 2.24) is 95.3 Å². The van der Waals surface area contributed by atoms with Crippen LogP contribution in [-0.4, -0.2) is 179 Å². The zero-order valence-electron chi connectivity index (χ0n) is 82.8. The van der Waals surface area contributed by atoms with Gasteiger partial charge in [-0.05, 0) is 239 Å². The minimum absolute atomic E-state index is 0.152. The van der Waals surface area contributed by atoms with Gasteiger partial charge in [-0.2, -0.15) is 0 Å². The molecule has 7 N–H and O–H groups in total. The lowest BCUT2D eigenvalue weighted by Gasteiger charge is -2.25. The minimum Gasteiger partial charge on any atom is -0.497 e. The number of aryl methyl sites for hydroxylation is 4. The summed E-state index contributed by atoms with van der Waals surface area (Å²) in [6.07, 6.45) is 12.6. The van der Waals surface area contributed by atoms with Crippen LogP contribution in [0.25, 0.3) is 49.3 Å². The van der Waals surface area contributed by atoms with Crippen LogP contribution in [0.3, 0.4) is 0 Å². The van der Waals surface area contributed by atoms with E-state index in [-0.39, 0.29) is 63.8 Å². The molecule has 0 radical (unpaired) electrons. The number of hydrogen-bond donors (Lipinski definition) is 7. The molecule has 12 aromatic rings. The van der Waals surface area contributed by atoms with E-state index in [1.54, 1.807) is 43.1 Å². The third-order valence-electron chi connectivity index (χ3n) is 32.5. The zero-order chi connectivity index (χ0) is 98.3. The van der Waals surface area contributed by atoms with Gasteiger partial charge in [-0.15, -0.1) is 0 Å². The topological polar surface area (TPSA) is 325 Å². The molecule has 6 saturated carbocycles. The van der Waals surface area contributed by atoms with Crippen LogP contribution in [0.5, 0.6) is 5.75 Å². The molecule has 1 amide bonds. The number of nitrogens with one attached hydrogen (secondary N) is 7. The first kappa shape index (κ1) is 97.1. The summed E-state index contributed by atoms with van der Waals surface area (Å²) in [6.45, 7) is 44.0. The van der Waals surface area contributed by atoms with E-state index in [0.717, 1.165) is 163 Å². The van der Waals surface area contributed by atoms with E-state index in [9.17, 15) is 41.9 Å². The largest absolute Gasteiger partial charge is 0.497 e. The van der Waals surface area contributed by atoms with Gasteiger partial charge in [-0.3, -0.25) is 28.8 Å². The van der Waals surface area contributed by atoms with Crippen LogP contribution < -0.4 is 42.0 Å². The minimum atomic E-state index is -0.535. The van der Waals surface area contributed by atoms with Crippen LogP contribution in [-0.2, 0) is 61.4 Å². The number of aromatic nitrogens is 12. The number of pyridine rings is 3. The first-order valence-electron chi connectivity index (χ1n) is 49.7. The number of benzene rings is 3. The molecule has 732 valence electrons. The van der Waals surface area contributed by atoms with Gasteiger partial charge in [-0.25, -0.2) is 58.0 Å². The summed E-state index contributed by atoms with van der Waals surface area (Å²) in [6, 6.07) is 27.1. The maximum atomic E-state index is 14.1. The van der Waals surface area contributed by atoms with Crippen LogP contribution >= 0.6 is 11.6 Å². The standard InChI is InChI=1S/C19H22FN3O.C18H20ClN3O.C18H22FN3O.C18H20FN3O.C18H24N4O2.C18H23N3O/c1-10-22-17-11(5-4-6-14(17)20)18(23-10)19(2,3)7-15(24)16-12-8-21-9-13(12)16;1-18(2,6-14(23)15-11-7-20-8-12(11)15)17-10-4-3-5-13(19)16(10)21-9-22-17;1-10-4-11(19)9-22-14(10)8-21-17(22)18(2,3)5-15(23)16-12-6-20-7-13(12)16;1-18(2,6-14(23)15-11-7-20-8-12(11)15)17-10-4-3-5-13(19)16(10)21-9-22-17;1-10-14-7-11(24-4)5-6-22(14)17(20-10)18(2,3)21-16(23)15-12-8-19-9-13(12)15;1-11-20-17(14-6-4-5-7-21(11)14)18(2,3)8-15(22)16-12-9-19-10-13(12)16/h4-6,12-13,16,21H,7-9H2,1-3H3;3-5,9,11-12,15,20H,6-8H2,1-2H3;4,8-9,12-13,16,20H,5-7H2,1-3H3;3-5,9,11-12,15,20H,6-8H2,1-2H3;5-7,12-13,15,19H,8-9H2,1-4H3,(H,21,23);4-7,12-13,16,19H,8-10H2,1-3H3/t12-,13+,16?;11-,12+,15?;12-,13+,16?;11-,12+,15?;12-,13+,15?;12-,13+,16?. The fourth-order valence-electron chi connectivity index (χ4n) is 25.0. The van der Waals surface area contributed by atoms with Crippen molar-refractivity contribution in [1.29, 1.82) is 0 Å². The predicted molar refractivity (Wildman–Crippen MR) is 529 cm³/mol. The van der Waals surface area contributed by atoms with Crippen molar-refractivity contribution in [3.05, 3.63) is 208 Å². The molecular weight excluding hydrogens is 1780 g/mol. The number of ketones is 5. The summed E-state index contributed by atoms with van der Waals surface area (Å²) in [7, 11) is 1.66. The van der Waals surface area contributed by atoms with E-state index in [2.05, 4.69) is 110 Å². The van der Waals surface area contributed by atoms with E-state index in [1.807, 2.05) is 148 Å². The van der Waals surface area contributed by atoms with Crippen LogP contribution in [0.4, 0.5) is 13.2 Å². The molecule has 6 aliphatic heterocycles. The molecule has 12 fully saturated rings. The average molecular weight is 1910 g/mol. The second-order valence-electron chi connectivity index (χ2n) is 45.3. The lowest BCUT2D eigenvalue weighted by atomic mass is 9.80. The van der Waals surface area contributed by atoms with Gasteiger partial charge in [0.25, 0.3) is 0 Å². The number of carbonyl (C=O) groups excluding carboxylic acids is 6. The number of methoxy groups -OCH3 is 1. The van der Waals surface area contributed by atoms with Gasteiger partial charge in [0.2, 0.25) is 5.91 Å². The van der Waals surface area contributed by atoms with E-state index in [4.69, 9.17) is 26.3 Å². The number of halogens is 4. The highest BCUT2D eigenvalue weighted by Gasteiger charge is 2.62. The summed E-state index contributed by atoms with van der Waals surface area (Å²) >= 11 is 6.25. The summed E-state index contributed by atoms with van der Waals surface area (Å²) in [4.78, 5) is 116. The van der Waals surface area contributed by atoms with Crippen molar-refractivity contribution in [3.8, 4) is 5.75 Å². The summed E-state index contributed by atoms with van der Waals surface area (Å²) in [5.41, 5.74) is 7.32. The molecule has 26 nitrogen and oxygen atoms in total. The molecule has 0 bridgehead atoms. The number of nitrogens with zero attached hydrogens (tertiary/aromatic N) is 12. The molecule has 139 heavy (non-hydrogen) atoms. The first-order chi connectivity index (χ1) is 66.1. The number of para-hydroxylation sites is 3. The van der Waals surface area contributed by atoms with Crippen molar-refractivity contribution < 1.29 is 46.7 Å². The Balaban J connectivity index is 0.000000106. The van der Waals surface area contributed by atoms with Gasteiger partial charge < -0.3 is 55.2 Å². The van der Waals surface area contributed by atoms with Gasteiger partial charge in [0.15, 0.2) is 0 Å². The molecule has 24 rings (SSSR count). The molecule has 6 aliphatic carbocycles. The number of rotatable bonds is 24. The number of ether oxygens (including phenoxy) is 1. The molecule has 9 aromatic heterocycles. The SMILES string of the molecule is CC(C)(CC(=O)C1[C@H]2CNC[C@@H]12)c1ncnc2c(Cl)cccc12.CC(C)(CC(=O)C1[C@H]2CNC[C@@H]12)c1ncnc2c(F)cccc12.COc1ccn2c(C(C)(C)NC(=O)C3[C@H]4CNC[C@@H]34)nc(C)c2c1.Cc1cc(F)cn2c(C(C)(C)CC(=O)C3[C@H]4CNC[C@@H]34)ncc12.Cc1nc(C(C)(C)CC(=O)C2[C@H]3CNC[C@@H]23)c2cccc(F)c2n1.Cc1nc(C(C)(C)CC(=O)C2[C@H]3CNC[C@@H]23)c2ccccn12. The second-order valence-corrected chi connectivity index (χ2v) is 45.7. The quantitative estimate of drug-likeness (QED) is 0.0295. The monoisotopic (exact) mass is 1910 g/mol. The number of amides is 1. The summed E-state index contributed by atoms with van der Waals surface area (Å²) in [5, 5.41) is 26.2. The van der Waals surface area contributed by atoms with Crippen molar-refractivity contribution in [3.63, 3.8) is 0 Å². The summed E-state index contributed by atoms with van der Waals surface area (Å²) in [5.74, 6) is 12.8. The van der Waals surface area contributed by atoms with Crippen molar-refractivity contribution in [2.45, 2.75) is 175 Å². The van der Waals surface area contributed by atoms with Crippen molar-refractivity contribution >= 4 is 95.7 Å². The molecule has 3 aromatic carbocycles. The molecule has 18 atom stereocenters. The van der Waals surface area contributed by atoms with Gasteiger partial charge in [0, 0.05) is 136 Å². The Morgan fingerprint density at radius 2 is 0.820 bits per heavy atom. The normalized spacial score (nSPS) is 26.3. The number of fused-ring (bicyclic) bond motifs is 12. The number of Topliss-reactive ketones (excluding diaryl/α,β-unsaturated/α-hetero) is 5. The molecular formula is C109H131ClF3N19O7. The van der Waals surface area contributed by atoms with Gasteiger partial charge in [0.1, 0.15) is 99.1 Å². The second kappa shape index (κ2) is 37.3. The third kappa shape index (κ3) is 19.0. The highest BCUT2D eigenvalue weighted by Crippen LogP contribution is 2.56. The smallest absolute Gasteiger partial charge is 0.224 e. The lowest BCUT2D eigenvalue weighted by molar-refractivity contribution is -0.125. The predicted octanol–water partition coefficient (Wildman–Crippen LogP) is 14.5. The Labute approximate surface area is 814 Å². The van der Waals surface area contributed by atoms with Crippen molar-refractivity contribution in [2.75, 3.05) is 85.6 Å². The Morgan fingerprint density at radius 1 is 0.403 bits per heavy atom. The van der Waals surface area contributed by atoms with E-state index >= 15 is 0 Å². The third-order valence-corrected chi connectivity index (χ3v) is 32.8. The fourth-order valence-corrected chi connectivity index (χ4v) is 25.3. The van der Waals surface area contributed by atoms with Crippen LogP contribution in [0.2, 0.25) is 5.02 Å². The fraction of sp³-hybridized carbons (Fsp3) is 0.532. The molecule has 15 heterocycles. The Morgan fingerprint density at radius 3 is 1.29 bits per heavy atom. The highest BCUT2D eigenvalue weighted by atomic mass is 35.5. The number of piperidine rings is 6. The van der Waals surface area contributed by atoms with Crippen LogP contribution in [0, 0.1) is 152 Å².